The first-order valence-corrected chi connectivity index (χ1v) is 6.04. The van der Waals surface area contributed by atoms with Crippen LogP contribution in [0.5, 0.6) is 0 Å². The number of oxazole rings is 1. The number of hydrogen-bond donors (Lipinski definition) is 1. The molecule has 0 saturated carbocycles. The molecule has 1 saturated heterocycles. The zero-order valence-corrected chi connectivity index (χ0v) is 10.5. The van der Waals surface area contributed by atoms with Crippen LogP contribution in [-0.2, 0) is 4.74 Å². The summed E-state index contributed by atoms with van der Waals surface area (Å²) in [6.07, 6.45) is 4.41. The van der Waals surface area contributed by atoms with Crippen molar-refractivity contribution in [2.75, 3.05) is 19.8 Å². The molecule has 1 fully saturated rings. The number of carbonyl (C=O) groups excluding carboxylic acids is 1. The summed E-state index contributed by atoms with van der Waals surface area (Å²) in [7, 11) is 0. The van der Waals surface area contributed by atoms with E-state index in [2.05, 4.69) is 15.0 Å². The first-order valence-electron chi connectivity index (χ1n) is 6.04. The molecule has 1 aliphatic heterocycles. The Morgan fingerprint density at radius 1 is 1.53 bits per heavy atom. The molecule has 1 amide bonds. The fourth-order valence-corrected chi connectivity index (χ4v) is 2.14. The van der Waals surface area contributed by atoms with E-state index in [1.807, 2.05) is 6.92 Å². The monoisotopic (exact) mass is 262 g/mol. The summed E-state index contributed by atoms with van der Waals surface area (Å²) < 4.78 is 10.5. The Hall–Kier alpha value is -2.15. The van der Waals surface area contributed by atoms with Crippen molar-refractivity contribution >= 4 is 5.91 Å². The molecule has 0 spiro atoms. The molecule has 0 aliphatic carbocycles. The third-order valence-corrected chi connectivity index (χ3v) is 3.07. The topological polar surface area (TPSA) is 84.2 Å². The van der Waals surface area contributed by atoms with Crippen LogP contribution in [0.1, 0.15) is 28.1 Å². The lowest BCUT2D eigenvalue weighted by Crippen LogP contribution is -2.43. The van der Waals surface area contributed by atoms with Gasteiger partial charge in [-0.05, 0) is 6.92 Å². The van der Waals surface area contributed by atoms with Gasteiger partial charge < -0.3 is 19.0 Å². The van der Waals surface area contributed by atoms with Gasteiger partial charge in [-0.15, -0.1) is 0 Å². The normalized spacial score (nSPS) is 19.6. The maximum Gasteiger partial charge on any atom is 0.292 e. The van der Waals surface area contributed by atoms with E-state index in [9.17, 15) is 4.79 Å². The number of carbonyl (C=O) groups is 1. The first kappa shape index (κ1) is 11.9. The number of aromatic nitrogens is 3. The Kier molecular flexibility index (Phi) is 3.04. The molecule has 7 heteroatoms. The van der Waals surface area contributed by atoms with Crippen LogP contribution < -0.4 is 0 Å². The number of aromatic amines is 1. The second kappa shape index (κ2) is 4.85. The number of hydrogen-bond acceptors (Lipinski definition) is 5. The summed E-state index contributed by atoms with van der Waals surface area (Å²) in [6, 6.07) is -0.222. The number of imidazole rings is 1. The minimum Gasteiger partial charge on any atom is -0.438 e. The highest BCUT2D eigenvalue weighted by Crippen LogP contribution is 2.23. The van der Waals surface area contributed by atoms with Crippen LogP contribution in [0.15, 0.2) is 23.2 Å². The van der Waals surface area contributed by atoms with E-state index in [1.54, 1.807) is 11.1 Å². The molecule has 100 valence electrons. The predicted molar refractivity (Wildman–Crippen MR) is 64.4 cm³/mol. The number of H-pyrrole nitrogens is 1. The van der Waals surface area contributed by atoms with Gasteiger partial charge >= 0.3 is 0 Å². The Labute approximate surface area is 109 Å². The average molecular weight is 262 g/mol. The van der Waals surface area contributed by atoms with Gasteiger partial charge in [-0.1, -0.05) is 0 Å². The number of rotatable bonds is 2. The number of aryl methyl sites for hydroxylation is 1. The quantitative estimate of drug-likeness (QED) is 0.870. The lowest BCUT2D eigenvalue weighted by molar-refractivity contribution is -0.00653. The molecule has 2 aromatic rings. The van der Waals surface area contributed by atoms with Crippen molar-refractivity contribution in [1.82, 2.24) is 19.9 Å². The van der Waals surface area contributed by atoms with Crippen LogP contribution in [-0.4, -0.2) is 45.5 Å². The summed E-state index contributed by atoms with van der Waals surface area (Å²) in [5, 5.41) is 0. The molecule has 7 nitrogen and oxygen atoms in total. The Morgan fingerprint density at radius 2 is 2.42 bits per heavy atom. The van der Waals surface area contributed by atoms with E-state index < -0.39 is 0 Å². The van der Waals surface area contributed by atoms with Crippen molar-refractivity contribution in [3.05, 3.63) is 36.1 Å². The van der Waals surface area contributed by atoms with Gasteiger partial charge in [0.25, 0.3) is 5.91 Å². The summed E-state index contributed by atoms with van der Waals surface area (Å²) in [5.41, 5.74) is 0.952. The Balaban J connectivity index is 1.87. The molecule has 1 unspecified atom stereocenters. The predicted octanol–water partition coefficient (Wildman–Crippen LogP) is 0.920. The zero-order valence-electron chi connectivity index (χ0n) is 10.5. The highest BCUT2D eigenvalue weighted by molar-refractivity contribution is 5.91. The molecule has 3 rings (SSSR count). The fraction of sp³-hybridized carbons (Fsp3) is 0.417. The van der Waals surface area contributed by atoms with Gasteiger partial charge in [-0.25, -0.2) is 9.97 Å². The van der Waals surface area contributed by atoms with Crippen LogP contribution in [0.3, 0.4) is 0 Å². The van der Waals surface area contributed by atoms with Gasteiger partial charge in [0.05, 0.1) is 19.4 Å². The minimum atomic E-state index is -0.222. The summed E-state index contributed by atoms with van der Waals surface area (Å²) >= 11 is 0. The molecule has 2 aromatic heterocycles. The maximum atomic E-state index is 12.3. The molecule has 3 heterocycles. The average Bonchev–Trinajstić information content (AvgIpc) is 3.09. The van der Waals surface area contributed by atoms with Crippen molar-refractivity contribution in [1.29, 1.82) is 0 Å². The molecule has 1 N–H and O–H groups in total. The van der Waals surface area contributed by atoms with Crippen molar-refractivity contribution in [3.8, 4) is 0 Å². The summed E-state index contributed by atoms with van der Waals surface area (Å²) in [4.78, 5) is 25.2. The molecular weight excluding hydrogens is 248 g/mol. The van der Waals surface area contributed by atoms with Gasteiger partial charge in [-0.2, -0.15) is 0 Å². The third-order valence-electron chi connectivity index (χ3n) is 3.07. The number of nitrogens with one attached hydrogen (secondary N) is 1. The van der Waals surface area contributed by atoms with Crippen molar-refractivity contribution in [2.45, 2.75) is 13.0 Å². The smallest absolute Gasteiger partial charge is 0.292 e. The fourth-order valence-electron chi connectivity index (χ4n) is 2.14. The molecule has 0 radical (unpaired) electrons. The van der Waals surface area contributed by atoms with E-state index >= 15 is 0 Å². The van der Waals surface area contributed by atoms with E-state index in [1.165, 1.54) is 12.6 Å². The van der Waals surface area contributed by atoms with Gasteiger partial charge in [-0.3, -0.25) is 4.79 Å². The van der Waals surface area contributed by atoms with E-state index in [4.69, 9.17) is 9.15 Å². The number of nitrogens with zero attached hydrogens (tertiary/aromatic N) is 3. The van der Waals surface area contributed by atoms with Gasteiger partial charge in [0.1, 0.15) is 11.9 Å². The van der Waals surface area contributed by atoms with Crippen LogP contribution in [0.25, 0.3) is 0 Å². The largest absolute Gasteiger partial charge is 0.438 e. The first-order chi connectivity index (χ1) is 9.25. The number of ether oxygens (including phenoxy) is 1. The van der Waals surface area contributed by atoms with E-state index in [0.29, 0.717) is 19.8 Å². The van der Waals surface area contributed by atoms with Crippen LogP contribution in [0, 0.1) is 6.92 Å². The molecule has 19 heavy (non-hydrogen) atoms. The molecule has 1 aliphatic rings. The van der Waals surface area contributed by atoms with Crippen LogP contribution in [0.2, 0.25) is 0 Å². The summed E-state index contributed by atoms with van der Waals surface area (Å²) in [6.45, 7) is 3.36. The van der Waals surface area contributed by atoms with Crippen molar-refractivity contribution in [3.63, 3.8) is 0 Å². The highest BCUT2D eigenvalue weighted by Gasteiger charge is 2.32. The standard InChI is InChI=1S/C12H14N4O3/c1-8-4-14-11(15-8)9-6-18-3-2-16(9)12(17)10-5-13-7-19-10/h4-5,7,9H,2-3,6H2,1H3,(H,14,15). The van der Waals surface area contributed by atoms with Gasteiger partial charge in [0.2, 0.25) is 5.76 Å². The molecule has 0 aromatic carbocycles. The highest BCUT2D eigenvalue weighted by atomic mass is 16.5. The Morgan fingerprint density at radius 3 is 3.11 bits per heavy atom. The Bertz CT molecular complexity index is 563. The second-order valence-corrected chi connectivity index (χ2v) is 4.41. The SMILES string of the molecule is Cc1cnc(C2COCCN2C(=O)c2cnco2)[nH]1. The van der Waals surface area contributed by atoms with Crippen LogP contribution in [0.4, 0.5) is 0 Å². The zero-order chi connectivity index (χ0) is 13.2. The lowest BCUT2D eigenvalue weighted by atomic mass is 10.2. The molecule has 1 atom stereocenters. The minimum absolute atomic E-state index is 0.195. The van der Waals surface area contributed by atoms with E-state index in [0.717, 1.165) is 11.5 Å². The second-order valence-electron chi connectivity index (χ2n) is 4.41. The molecular formula is C12H14N4O3. The number of amides is 1. The van der Waals surface area contributed by atoms with Crippen molar-refractivity contribution < 1.29 is 13.9 Å². The van der Waals surface area contributed by atoms with Gasteiger partial charge in [0, 0.05) is 18.4 Å². The third kappa shape index (κ3) is 2.24. The van der Waals surface area contributed by atoms with Gasteiger partial charge in [0.15, 0.2) is 6.39 Å². The maximum absolute atomic E-state index is 12.3. The van der Waals surface area contributed by atoms with Crippen molar-refractivity contribution in [2.24, 2.45) is 0 Å². The summed E-state index contributed by atoms with van der Waals surface area (Å²) in [5.74, 6) is 0.764. The van der Waals surface area contributed by atoms with Crippen LogP contribution >= 0.6 is 0 Å². The lowest BCUT2D eigenvalue weighted by Gasteiger charge is -2.33. The number of morpholine rings is 1. The van der Waals surface area contributed by atoms with E-state index in [-0.39, 0.29) is 17.7 Å². The molecule has 0 bridgehead atoms.